The molecule has 0 aliphatic heterocycles. The number of carboxylic acid groups (broad SMARTS) is 1. The van der Waals surface area contributed by atoms with Gasteiger partial charge in [0.05, 0.1) is 13.2 Å². The topological polar surface area (TPSA) is 172 Å². The maximum Gasteiger partial charge on any atom is 0.472 e. The molecule has 1 unspecified atom stereocenters. The van der Waals surface area contributed by atoms with E-state index in [-0.39, 0.29) is 19.4 Å². The summed E-state index contributed by atoms with van der Waals surface area (Å²) >= 11 is 0. The van der Waals surface area contributed by atoms with E-state index in [1.54, 1.807) is 0 Å². The molecule has 338 valence electrons. The number of nitrogens with two attached hydrogens (primary N) is 1. The summed E-state index contributed by atoms with van der Waals surface area (Å²) in [7, 11) is -4.71. The zero-order valence-electron chi connectivity index (χ0n) is 36.7. The fourth-order valence-corrected chi connectivity index (χ4v) is 7.67. The van der Waals surface area contributed by atoms with E-state index in [0.717, 1.165) is 38.5 Å². The molecule has 0 fully saturated rings. The van der Waals surface area contributed by atoms with E-state index >= 15 is 0 Å². The lowest BCUT2D eigenvalue weighted by Crippen LogP contribution is -2.34. The van der Waals surface area contributed by atoms with Crippen LogP contribution in [0.5, 0.6) is 0 Å². The molecular formula is C45H88NO10P. The number of hydrogen-bond donors (Lipinski definition) is 3. The summed E-state index contributed by atoms with van der Waals surface area (Å²) < 4.78 is 32.7. The van der Waals surface area contributed by atoms with E-state index in [9.17, 15) is 23.8 Å². The lowest BCUT2D eigenvalue weighted by atomic mass is 10.0. The van der Waals surface area contributed by atoms with Crippen molar-refractivity contribution in [2.45, 2.75) is 251 Å². The molecule has 12 heteroatoms. The van der Waals surface area contributed by atoms with Crippen LogP contribution in [0.1, 0.15) is 239 Å². The quantitative estimate of drug-likeness (QED) is 0.0303. The molecule has 0 amide bonds. The molecule has 0 spiro atoms. The average molecular weight is 834 g/mol. The molecule has 57 heavy (non-hydrogen) atoms. The van der Waals surface area contributed by atoms with Crippen molar-refractivity contribution in [3.63, 3.8) is 0 Å². The van der Waals surface area contributed by atoms with Crippen LogP contribution in [0.4, 0.5) is 0 Å². The van der Waals surface area contributed by atoms with Crippen molar-refractivity contribution in [2.75, 3.05) is 19.8 Å². The van der Waals surface area contributed by atoms with Crippen molar-refractivity contribution in [3.05, 3.63) is 0 Å². The smallest absolute Gasteiger partial charge is 0.472 e. The summed E-state index contributed by atoms with van der Waals surface area (Å²) in [6.45, 7) is 2.82. The summed E-state index contributed by atoms with van der Waals surface area (Å²) in [6.07, 6.45) is 40.4. The zero-order chi connectivity index (χ0) is 42.1. The number of carbonyl (C=O) groups excluding carboxylic acids is 2. The predicted octanol–water partition coefficient (Wildman–Crippen LogP) is 12.7. The number of hydrogen-bond acceptors (Lipinski definition) is 9. The Labute approximate surface area is 348 Å². The van der Waals surface area contributed by atoms with Gasteiger partial charge in [0.15, 0.2) is 6.10 Å². The molecule has 3 atom stereocenters. The van der Waals surface area contributed by atoms with Crippen LogP contribution < -0.4 is 5.73 Å². The first-order valence-electron chi connectivity index (χ1n) is 23.6. The molecule has 0 aliphatic rings. The normalized spacial score (nSPS) is 13.6. The molecule has 0 aromatic rings. The Bertz CT molecular complexity index is 984. The van der Waals surface area contributed by atoms with Crippen molar-refractivity contribution in [3.8, 4) is 0 Å². The lowest BCUT2D eigenvalue weighted by Gasteiger charge is -2.20. The second-order valence-electron chi connectivity index (χ2n) is 16.3. The van der Waals surface area contributed by atoms with Crippen LogP contribution in [0.3, 0.4) is 0 Å². The Hall–Kier alpha value is -1.52. The average Bonchev–Trinajstić information content (AvgIpc) is 3.19. The minimum atomic E-state index is -4.71. The second kappa shape index (κ2) is 41.2. The SMILES string of the molecule is CCCCCCCCCCCCCCCCCCCCCCCCCC(=O)OC[C@@H](COP(=O)(O)OC[C@H](N)C(=O)O)OC(=O)CCCCCCCCCCCC. The fourth-order valence-electron chi connectivity index (χ4n) is 6.89. The van der Waals surface area contributed by atoms with Gasteiger partial charge < -0.3 is 25.2 Å². The van der Waals surface area contributed by atoms with E-state index in [1.165, 1.54) is 161 Å². The van der Waals surface area contributed by atoms with Gasteiger partial charge in [0, 0.05) is 12.8 Å². The monoisotopic (exact) mass is 834 g/mol. The number of phosphoric ester groups is 1. The predicted molar refractivity (Wildman–Crippen MR) is 231 cm³/mol. The number of carboxylic acids is 1. The highest BCUT2D eigenvalue weighted by Gasteiger charge is 2.28. The number of unbranched alkanes of at least 4 members (excludes halogenated alkanes) is 31. The minimum absolute atomic E-state index is 0.168. The highest BCUT2D eigenvalue weighted by molar-refractivity contribution is 7.47. The molecule has 0 radical (unpaired) electrons. The third-order valence-electron chi connectivity index (χ3n) is 10.6. The van der Waals surface area contributed by atoms with Crippen LogP contribution in [-0.2, 0) is 37.5 Å². The van der Waals surface area contributed by atoms with Crippen LogP contribution in [-0.4, -0.2) is 59.9 Å². The van der Waals surface area contributed by atoms with Crippen LogP contribution >= 0.6 is 7.82 Å². The van der Waals surface area contributed by atoms with Gasteiger partial charge in [-0.05, 0) is 12.8 Å². The van der Waals surface area contributed by atoms with Gasteiger partial charge in [0.2, 0.25) is 0 Å². The van der Waals surface area contributed by atoms with Crippen LogP contribution in [0.15, 0.2) is 0 Å². The van der Waals surface area contributed by atoms with Gasteiger partial charge in [-0.15, -0.1) is 0 Å². The van der Waals surface area contributed by atoms with Crippen LogP contribution in [0.2, 0.25) is 0 Å². The Morgan fingerprint density at radius 2 is 0.772 bits per heavy atom. The molecular weight excluding hydrogens is 745 g/mol. The number of aliphatic carboxylic acids is 1. The van der Waals surface area contributed by atoms with Crippen molar-refractivity contribution < 1.29 is 47.5 Å². The Morgan fingerprint density at radius 3 is 1.11 bits per heavy atom. The number of phosphoric acid groups is 1. The molecule has 0 aromatic heterocycles. The first-order valence-corrected chi connectivity index (χ1v) is 25.1. The maximum absolute atomic E-state index is 12.6. The summed E-state index contributed by atoms with van der Waals surface area (Å²) in [6, 6.07) is -1.52. The van der Waals surface area contributed by atoms with E-state index in [2.05, 4.69) is 18.4 Å². The van der Waals surface area contributed by atoms with Gasteiger partial charge in [-0.1, -0.05) is 213 Å². The first kappa shape index (κ1) is 55.5. The van der Waals surface area contributed by atoms with Crippen LogP contribution in [0, 0.1) is 0 Å². The molecule has 0 bridgehead atoms. The first-order chi connectivity index (χ1) is 27.6. The highest BCUT2D eigenvalue weighted by Crippen LogP contribution is 2.43. The summed E-state index contributed by atoms with van der Waals surface area (Å²) in [5.41, 5.74) is 5.33. The van der Waals surface area contributed by atoms with Gasteiger partial charge in [-0.2, -0.15) is 0 Å². The Balaban J connectivity index is 4.11. The van der Waals surface area contributed by atoms with Gasteiger partial charge >= 0.3 is 25.7 Å². The Morgan fingerprint density at radius 1 is 0.474 bits per heavy atom. The maximum atomic E-state index is 12.6. The van der Waals surface area contributed by atoms with E-state index < -0.39 is 51.1 Å². The number of ether oxygens (including phenoxy) is 2. The number of esters is 2. The van der Waals surface area contributed by atoms with E-state index in [4.69, 9.17) is 24.8 Å². The standard InChI is InChI=1S/C45H88NO10P/c1-3-5-7-9-11-13-15-16-17-18-19-20-21-22-23-24-25-26-27-29-30-32-34-36-43(47)53-38-41(39-54-57(51,52)55-40-42(46)45(49)50)56-44(48)37-35-33-31-28-14-12-10-8-6-4-2/h41-42H,3-40,46H2,1-2H3,(H,49,50)(H,51,52)/t41-,42-/m0/s1. The van der Waals surface area contributed by atoms with Gasteiger partial charge in [-0.25, -0.2) is 4.57 Å². The largest absolute Gasteiger partial charge is 0.480 e. The number of rotatable bonds is 45. The second-order valence-corrected chi connectivity index (χ2v) is 17.7. The molecule has 4 N–H and O–H groups in total. The van der Waals surface area contributed by atoms with Crippen LogP contribution in [0.25, 0.3) is 0 Å². The van der Waals surface area contributed by atoms with Gasteiger partial charge in [0.25, 0.3) is 0 Å². The van der Waals surface area contributed by atoms with Gasteiger partial charge in [0.1, 0.15) is 12.6 Å². The van der Waals surface area contributed by atoms with E-state index in [1.807, 2.05) is 0 Å². The molecule has 11 nitrogen and oxygen atoms in total. The highest BCUT2D eigenvalue weighted by atomic mass is 31.2. The molecule has 0 rings (SSSR count). The number of carbonyl (C=O) groups is 3. The van der Waals surface area contributed by atoms with Crippen molar-refractivity contribution in [1.82, 2.24) is 0 Å². The van der Waals surface area contributed by atoms with E-state index in [0.29, 0.717) is 12.8 Å². The Kier molecular flexibility index (Phi) is 40.1. The summed E-state index contributed by atoms with van der Waals surface area (Å²) in [4.78, 5) is 45.9. The molecule has 0 saturated carbocycles. The molecule has 0 heterocycles. The minimum Gasteiger partial charge on any atom is -0.480 e. The van der Waals surface area contributed by atoms with Crippen molar-refractivity contribution in [1.29, 1.82) is 0 Å². The fraction of sp³-hybridized carbons (Fsp3) is 0.933. The van der Waals surface area contributed by atoms with Gasteiger partial charge in [-0.3, -0.25) is 23.4 Å². The summed E-state index contributed by atoms with van der Waals surface area (Å²) in [5, 5.41) is 8.88. The third kappa shape index (κ3) is 41.0. The summed E-state index contributed by atoms with van der Waals surface area (Å²) in [5.74, 6) is -2.36. The molecule has 0 saturated heterocycles. The molecule has 0 aromatic carbocycles. The third-order valence-corrected chi connectivity index (χ3v) is 11.6. The van der Waals surface area contributed by atoms with Crippen molar-refractivity contribution >= 4 is 25.7 Å². The van der Waals surface area contributed by atoms with Crippen molar-refractivity contribution in [2.24, 2.45) is 5.73 Å². The zero-order valence-corrected chi connectivity index (χ0v) is 37.6. The molecule has 0 aliphatic carbocycles. The lowest BCUT2D eigenvalue weighted by molar-refractivity contribution is -0.161.